The van der Waals surface area contributed by atoms with E-state index in [0.717, 1.165) is 16.0 Å². The van der Waals surface area contributed by atoms with Crippen LogP contribution in [-0.4, -0.2) is 66.5 Å². The van der Waals surface area contributed by atoms with E-state index in [0.29, 0.717) is 19.4 Å². The summed E-state index contributed by atoms with van der Waals surface area (Å²) in [4.78, 5) is 42.6. The third-order valence-electron chi connectivity index (χ3n) is 8.39. The van der Waals surface area contributed by atoms with Crippen molar-refractivity contribution < 1.29 is 32.3 Å². The van der Waals surface area contributed by atoms with Crippen molar-refractivity contribution >= 4 is 17.7 Å². The maximum absolute atomic E-state index is 14.0. The first kappa shape index (κ1) is 29.6. The number of hydrogen-bond acceptors (Lipinski definition) is 4. The first-order valence-corrected chi connectivity index (χ1v) is 13.5. The number of alkyl halides is 3. The minimum absolute atomic E-state index is 0.0391. The molecule has 216 valence electrons. The number of piperidine rings is 1. The average molecular weight is 560 g/mol. The fraction of sp³-hybridized carbons (Fsp3) is 0.500. The monoisotopic (exact) mass is 559 g/mol. The number of ether oxygens (including phenoxy) is 1. The molecule has 2 aliphatic heterocycles. The molecular formula is C30H36F3N3O4. The van der Waals surface area contributed by atoms with Crippen molar-refractivity contribution in [3.63, 3.8) is 0 Å². The second-order valence-corrected chi connectivity index (χ2v) is 11.4. The average Bonchev–Trinajstić information content (AvgIpc) is 3.16. The summed E-state index contributed by atoms with van der Waals surface area (Å²) in [7, 11) is 0. The van der Waals surface area contributed by atoms with Crippen molar-refractivity contribution in [2.24, 2.45) is 22.5 Å². The van der Waals surface area contributed by atoms with Crippen LogP contribution in [0, 0.1) is 16.7 Å². The largest absolute Gasteiger partial charge is 0.406 e. The van der Waals surface area contributed by atoms with E-state index in [1.54, 1.807) is 26.0 Å². The molecule has 3 amide bonds. The predicted molar refractivity (Wildman–Crippen MR) is 143 cm³/mol. The van der Waals surface area contributed by atoms with Gasteiger partial charge in [-0.15, -0.1) is 0 Å². The van der Waals surface area contributed by atoms with Gasteiger partial charge in [0.05, 0.1) is 30.0 Å². The van der Waals surface area contributed by atoms with Crippen LogP contribution in [0.4, 0.5) is 13.2 Å². The van der Waals surface area contributed by atoms with Crippen LogP contribution in [0.25, 0.3) is 0 Å². The summed E-state index contributed by atoms with van der Waals surface area (Å²) in [6.45, 7) is 2.18. The number of primary amides is 1. The van der Waals surface area contributed by atoms with Crippen molar-refractivity contribution in [2.75, 3.05) is 32.8 Å². The highest BCUT2D eigenvalue weighted by molar-refractivity contribution is 5.91. The molecule has 0 aliphatic carbocycles. The van der Waals surface area contributed by atoms with Gasteiger partial charge in [0.1, 0.15) is 6.54 Å². The molecule has 0 radical (unpaired) electrons. The number of nitrogens with zero attached hydrogens (tertiary/aromatic N) is 2. The summed E-state index contributed by atoms with van der Waals surface area (Å²) in [6.07, 6.45) is -3.74. The third-order valence-corrected chi connectivity index (χ3v) is 8.39. The number of nitrogens with two attached hydrogens (primary N) is 1. The Morgan fingerprint density at radius 1 is 1.07 bits per heavy atom. The maximum atomic E-state index is 14.0. The van der Waals surface area contributed by atoms with Crippen LogP contribution in [0.2, 0.25) is 0 Å². The van der Waals surface area contributed by atoms with E-state index >= 15 is 0 Å². The highest BCUT2D eigenvalue weighted by atomic mass is 19.4. The second-order valence-electron chi connectivity index (χ2n) is 11.4. The van der Waals surface area contributed by atoms with E-state index in [1.165, 1.54) is 4.90 Å². The van der Waals surface area contributed by atoms with Crippen molar-refractivity contribution in [1.82, 2.24) is 9.80 Å². The highest BCUT2D eigenvalue weighted by Gasteiger charge is 2.58. The Morgan fingerprint density at radius 3 is 2.30 bits per heavy atom. The van der Waals surface area contributed by atoms with Gasteiger partial charge in [-0.3, -0.25) is 14.4 Å². The molecule has 4 rings (SSSR count). The Bertz CT molecular complexity index is 1210. The summed E-state index contributed by atoms with van der Waals surface area (Å²) in [5.74, 6) is -3.12. The van der Waals surface area contributed by atoms with Crippen LogP contribution < -0.4 is 5.73 Å². The maximum Gasteiger partial charge on any atom is 0.406 e. The zero-order valence-electron chi connectivity index (χ0n) is 22.8. The Balaban J connectivity index is 1.61. The van der Waals surface area contributed by atoms with Gasteiger partial charge in [-0.05, 0) is 24.0 Å². The fourth-order valence-electron chi connectivity index (χ4n) is 5.98. The number of likely N-dealkylation sites (tertiary alicyclic amines) is 2. The lowest BCUT2D eigenvalue weighted by atomic mass is 9.68. The normalized spacial score (nSPS) is 22.5. The lowest BCUT2D eigenvalue weighted by Crippen LogP contribution is -2.56. The number of carbonyl (C=O) groups excluding carboxylic acids is 3. The molecular weight excluding hydrogens is 523 g/mol. The minimum Gasteiger partial charge on any atom is -0.376 e. The van der Waals surface area contributed by atoms with Crippen LogP contribution in [0.15, 0.2) is 60.7 Å². The predicted octanol–water partition coefficient (Wildman–Crippen LogP) is 4.13. The molecule has 2 aromatic carbocycles. The summed E-state index contributed by atoms with van der Waals surface area (Å²) >= 11 is 0. The van der Waals surface area contributed by atoms with E-state index in [-0.39, 0.29) is 26.3 Å². The zero-order chi connectivity index (χ0) is 29.1. The van der Waals surface area contributed by atoms with Gasteiger partial charge in [-0.25, -0.2) is 0 Å². The SMILES string of the molecule is CC(C)(C(N)=O)[C@H](COCc1ccccc1)C(=O)N1CCC[C@@]2(C1)C(=O)N(CC(F)(F)F)C[C@H]2c1ccccc1. The molecule has 2 aromatic rings. The van der Waals surface area contributed by atoms with Gasteiger partial charge in [0.15, 0.2) is 0 Å². The van der Waals surface area contributed by atoms with Gasteiger partial charge < -0.3 is 20.3 Å². The minimum atomic E-state index is -4.54. The summed E-state index contributed by atoms with van der Waals surface area (Å²) < 4.78 is 46.1. The first-order valence-electron chi connectivity index (χ1n) is 13.5. The molecule has 3 atom stereocenters. The number of rotatable bonds is 9. The molecule has 2 saturated heterocycles. The standard InChI is InChI=1S/C30H36F3N3O4/c1-28(2,26(34)38)24(18-40-17-21-10-5-3-6-11-21)25(37)35-15-9-14-29(19-35)23(22-12-7-4-8-13-22)16-36(27(29)39)20-30(31,32)33/h3-8,10-13,23-24H,9,14-20H2,1-2H3,(H2,34,38)/t23-,24+,29-/m0/s1. The fourth-order valence-corrected chi connectivity index (χ4v) is 5.98. The van der Waals surface area contributed by atoms with E-state index in [1.807, 2.05) is 48.5 Å². The molecule has 2 fully saturated rings. The molecule has 1 spiro atoms. The quantitative estimate of drug-likeness (QED) is 0.500. The summed E-state index contributed by atoms with van der Waals surface area (Å²) in [5.41, 5.74) is 4.89. The van der Waals surface area contributed by atoms with Gasteiger partial charge in [0.25, 0.3) is 0 Å². The number of halogens is 3. The van der Waals surface area contributed by atoms with E-state index in [4.69, 9.17) is 10.5 Å². The zero-order valence-corrected chi connectivity index (χ0v) is 22.8. The number of carbonyl (C=O) groups is 3. The number of hydrogen-bond donors (Lipinski definition) is 1. The molecule has 0 unspecified atom stereocenters. The third kappa shape index (κ3) is 6.16. The van der Waals surface area contributed by atoms with Gasteiger partial charge in [-0.1, -0.05) is 74.5 Å². The van der Waals surface area contributed by atoms with Crippen molar-refractivity contribution in [2.45, 2.75) is 45.4 Å². The lowest BCUT2D eigenvalue weighted by molar-refractivity contribution is -0.164. The second kappa shape index (κ2) is 11.6. The molecule has 0 bridgehead atoms. The Labute approximate surface area is 232 Å². The van der Waals surface area contributed by atoms with Crippen LogP contribution in [0.5, 0.6) is 0 Å². The summed E-state index contributed by atoms with van der Waals surface area (Å²) in [5, 5.41) is 0. The van der Waals surface area contributed by atoms with Gasteiger partial charge >= 0.3 is 6.18 Å². The number of amides is 3. The van der Waals surface area contributed by atoms with E-state index < -0.39 is 53.1 Å². The van der Waals surface area contributed by atoms with E-state index in [2.05, 4.69) is 0 Å². The smallest absolute Gasteiger partial charge is 0.376 e. The van der Waals surface area contributed by atoms with E-state index in [9.17, 15) is 27.6 Å². The molecule has 40 heavy (non-hydrogen) atoms. The molecule has 7 nitrogen and oxygen atoms in total. The highest BCUT2D eigenvalue weighted by Crippen LogP contribution is 2.50. The molecule has 0 aromatic heterocycles. The molecule has 0 saturated carbocycles. The van der Waals surface area contributed by atoms with Crippen LogP contribution in [0.1, 0.15) is 43.7 Å². The first-order chi connectivity index (χ1) is 18.8. The van der Waals surface area contributed by atoms with Crippen LogP contribution >= 0.6 is 0 Å². The van der Waals surface area contributed by atoms with Crippen molar-refractivity contribution in [3.8, 4) is 0 Å². The summed E-state index contributed by atoms with van der Waals surface area (Å²) in [6, 6.07) is 18.4. The Hall–Kier alpha value is -3.40. The Kier molecular flexibility index (Phi) is 8.58. The van der Waals surface area contributed by atoms with Gasteiger partial charge in [0.2, 0.25) is 17.7 Å². The molecule has 2 aliphatic rings. The van der Waals surface area contributed by atoms with Crippen molar-refractivity contribution in [1.29, 1.82) is 0 Å². The van der Waals surface area contributed by atoms with Crippen LogP contribution in [0.3, 0.4) is 0 Å². The van der Waals surface area contributed by atoms with Gasteiger partial charge in [0, 0.05) is 25.6 Å². The van der Waals surface area contributed by atoms with Crippen LogP contribution in [-0.2, 0) is 25.7 Å². The molecule has 10 heteroatoms. The molecule has 2 heterocycles. The number of benzene rings is 2. The molecule has 2 N–H and O–H groups in total. The van der Waals surface area contributed by atoms with Gasteiger partial charge in [-0.2, -0.15) is 13.2 Å². The topological polar surface area (TPSA) is 92.9 Å². The van der Waals surface area contributed by atoms with Crippen molar-refractivity contribution in [3.05, 3.63) is 71.8 Å². The lowest BCUT2D eigenvalue weighted by Gasteiger charge is -2.44. The Morgan fingerprint density at radius 2 is 1.70 bits per heavy atom.